The van der Waals surface area contributed by atoms with Gasteiger partial charge in [-0.2, -0.15) is 13.2 Å². The molecule has 0 N–H and O–H groups in total. The van der Waals surface area contributed by atoms with Gasteiger partial charge in [0, 0.05) is 13.1 Å². The van der Waals surface area contributed by atoms with Crippen LogP contribution in [-0.4, -0.2) is 36.7 Å². The third-order valence-corrected chi connectivity index (χ3v) is 3.64. The van der Waals surface area contributed by atoms with Crippen LogP contribution in [0.15, 0.2) is 24.3 Å². The molecule has 7 heteroatoms. The molecule has 1 heterocycles. The van der Waals surface area contributed by atoms with Gasteiger partial charge in [0.05, 0.1) is 18.9 Å². The number of rotatable bonds is 4. The third kappa shape index (κ3) is 4.61. The molecule has 1 atom stereocenters. The molecule has 1 amide bonds. The molecule has 1 aliphatic heterocycles. The van der Waals surface area contributed by atoms with Crippen LogP contribution in [0.5, 0.6) is 5.75 Å². The molecule has 22 heavy (non-hydrogen) atoms. The number of ether oxygens (including phenoxy) is 1. The lowest BCUT2D eigenvalue weighted by Crippen LogP contribution is -2.44. The molecule has 0 aromatic heterocycles. The largest absolute Gasteiger partial charge is 0.493 e. The lowest BCUT2D eigenvalue weighted by Gasteiger charge is -2.33. The Labute approximate surface area is 125 Å². The zero-order valence-electron chi connectivity index (χ0n) is 11.9. The van der Waals surface area contributed by atoms with Gasteiger partial charge in [0.25, 0.3) is 0 Å². The van der Waals surface area contributed by atoms with Crippen LogP contribution in [0.25, 0.3) is 0 Å². The number of amides is 1. The van der Waals surface area contributed by atoms with E-state index in [4.69, 9.17) is 4.74 Å². The minimum atomic E-state index is -4.26. The molecular weight excluding hydrogens is 302 g/mol. The van der Waals surface area contributed by atoms with E-state index in [2.05, 4.69) is 0 Å². The number of halogens is 4. The quantitative estimate of drug-likeness (QED) is 0.796. The van der Waals surface area contributed by atoms with Gasteiger partial charge in [-0.05, 0) is 37.1 Å². The Kier molecular flexibility index (Phi) is 5.26. The molecule has 1 unspecified atom stereocenters. The van der Waals surface area contributed by atoms with E-state index in [1.54, 1.807) is 0 Å². The molecule has 1 aromatic carbocycles. The first kappa shape index (κ1) is 16.6. The summed E-state index contributed by atoms with van der Waals surface area (Å²) in [6.45, 7) is 0.124. The van der Waals surface area contributed by atoms with Crippen LogP contribution >= 0.6 is 0 Å². The normalized spacial score (nSPS) is 19.1. The van der Waals surface area contributed by atoms with E-state index in [0.29, 0.717) is 18.7 Å². The van der Waals surface area contributed by atoms with Crippen LogP contribution in [0.3, 0.4) is 0 Å². The summed E-state index contributed by atoms with van der Waals surface area (Å²) in [5, 5.41) is 0. The molecule has 122 valence electrons. The summed E-state index contributed by atoms with van der Waals surface area (Å²) in [6.07, 6.45) is -3.83. The summed E-state index contributed by atoms with van der Waals surface area (Å²) in [5.74, 6) is -1.77. The molecular formula is C15H17F4NO2. The van der Waals surface area contributed by atoms with E-state index in [1.165, 1.54) is 29.2 Å². The molecule has 1 fully saturated rings. The second-order valence-electron chi connectivity index (χ2n) is 5.27. The summed E-state index contributed by atoms with van der Waals surface area (Å²) in [4.78, 5) is 13.2. The lowest BCUT2D eigenvalue weighted by atomic mass is 9.97. The minimum Gasteiger partial charge on any atom is -0.493 e. The molecule has 0 saturated carbocycles. The van der Waals surface area contributed by atoms with Crippen LogP contribution in [-0.2, 0) is 4.79 Å². The molecule has 0 spiro atoms. The Bertz CT molecular complexity index is 501. The highest BCUT2D eigenvalue weighted by Gasteiger charge is 2.42. The average molecular weight is 319 g/mol. The van der Waals surface area contributed by atoms with Crippen molar-refractivity contribution < 1.29 is 27.1 Å². The lowest BCUT2D eigenvalue weighted by molar-refractivity contribution is -0.188. The summed E-state index contributed by atoms with van der Waals surface area (Å²) in [5.41, 5.74) is 0. The van der Waals surface area contributed by atoms with Crippen molar-refractivity contribution in [3.05, 3.63) is 30.1 Å². The average Bonchev–Trinajstić information content (AvgIpc) is 2.48. The van der Waals surface area contributed by atoms with Crippen LogP contribution in [0, 0.1) is 11.7 Å². The van der Waals surface area contributed by atoms with Crippen LogP contribution in [0.2, 0.25) is 0 Å². The maximum Gasteiger partial charge on any atom is 0.393 e. The van der Waals surface area contributed by atoms with E-state index in [-0.39, 0.29) is 31.9 Å². The monoisotopic (exact) mass is 319 g/mol. The summed E-state index contributed by atoms with van der Waals surface area (Å²) in [7, 11) is 0. The summed E-state index contributed by atoms with van der Waals surface area (Å²) in [6, 6.07) is 5.33. The predicted octanol–water partition coefficient (Wildman–Crippen LogP) is 3.40. The number of hydrogen-bond donors (Lipinski definition) is 0. The van der Waals surface area contributed by atoms with Crippen molar-refractivity contribution >= 4 is 5.91 Å². The number of carbonyl (C=O) groups excluding carboxylic acids is 1. The maximum atomic E-state index is 12.7. The van der Waals surface area contributed by atoms with E-state index in [1.807, 2.05) is 0 Å². The Hall–Kier alpha value is -1.79. The molecule has 1 aromatic rings. The second-order valence-corrected chi connectivity index (χ2v) is 5.27. The van der Waals surface area contributed by atoms with Gasteiger partial charge in [-0.15, -0.1) is 0 Å². The SMILES string of the molecule is O=C(CCOc1ccc(F)cc1)N1CCCC(C(F)(F)F)C1. The maximum absolute atomic E-state index is 12.7. The molecule has 0 radical (unpaired) electrons. The number of piperidine rings is 1. The summed E-state index contributed by atoms with van der Waals surface area (Å²) < 4.78 is 56.1. The first-order valence-corrected chi connectivity index (χ1v) is 7.09. The molecule has 2 rings (SSSR count). The number of benzene rings is 1. The van der Waals surface area contributed by atoms with Gasteiger partial charge in [-0.3, -0.25) is 4.79 Å². The van der Waals surface area contributed by atoms with Gasteiger partial charge in [0.1, 0.15) is 11.6 Å². The number of nitrogens with zero attached hydrogens (tertiary/aromatic N) is 1. The van der Waals surface area contributed by atoms with Crippen molar-refractivity contribution in [1.82, 2.24) is 4.90 Å². The fraction of sp³-hybridized carbons (Fsp3) is 0.533. The Morgan fingerprint density at radius 1 is 1.27 bits per heavy atom. The van der Waals surface area contributed by atoms with Crippen LogP contribution in [0.4, 0.5) is 17.6 Å². The van der Waals surface area contributed by atoms with Crippen LogP contribution < -0.4 is 4.74 Å². The molecule has 3 nitrogen and oxygen atoms in total. The third-order valence-electron chi connectivity index (χ3n) is 3.64. The van der Waals surface area contributed by atoms with Crippen molar-refractivity contribution in [3.8, 4) is 5.75 Å². The highest BCUT2D eigenvalue weighted by Crippen LogP contribution is 2.33. The van der Waals surface area contributed by atoms with Gasteiger partial charge in [-0.1, -0.05) is 0 Å². The van der Waals surface area contributed by atoms with E-state index >= 15 is 0 Å². The standard InChI is InChI=1S/C15H17F4NO2/c16-12-3-5-13(6-4-12)22-9-7-14(21)20-8-1-2-11(10-20)15(17,18)19/h3-6,11H,1-2,7-10H2. The van der Waals surface area contributed by atoms with Crippen molar-refractivity contribution in [3.63, 3.8) is 0 Å². The highest BCUT2D eigenvalue weighted by molar-refractivity contribution is 5.76. The topological polar surface area (TPSA) is 29.5 Å². The number of alkyl halides is 3. The fourth-order valence-electron chi connectivity index (χ4n) is 2.42. The van der Waals surface area contributed by atoms with Gasteiger partial charge < -0.3 is 9.64 Å². The molecule has 0 aliphatic carbocycles. The van der Waals surface area contributed by atoms with Gasteiger partial charge in [0.2, 0.25) is 5.91 Å². The smallest absolute Gasteiger partial charge is 0.393 e. The van der Waals surface area contributed by atoms with E-state index in [9.17, 15) is 22.4 Å². The van der Waals surface area contributed by atoms with E-state index in [0.717, 1.165) is 0 Å². The van der Waals surface area contributed by atoms with Crippen molar-refractivity contribution in [1.29, 1.82) is 0 Å². The minimum absolute atomic E-state index is 0.00194. The predicted molar refractivity (Wildman–Crippen MR) is 71.9 cm³/mol. The Balaban J connectivity index is 1.78. The van der Waals surface area contributed by atoms with E-state index < -0.39 is 17.9 Å². The number of carbonyl (C=O) groups is 1. The van der Waals surface area contributed by atoms with Crippen molar-refractivity contribution in [2.24, 2.45) is 5.92 Å². The Morgan fingerprint density at radius 2 is 1.95 bits per heavy atom. The highest BCUT2D eigenvalue weighted by atomic mass is 19.4. The van der Waals surface area contributed by atoms with Crippen molar-refractivity contribution in [2.75, 3.05) is 19.7 Å². The number of hydrogen-bond acceptors (Lipinski definition) is 2. The molecule has 1 aliphatic rings. The first-order valence-electron chi connectivity index (χ1n) is 7.09. The first-order chi connectivity index (χ1) is 10.4. The van der Waals surface area contributed by atoms with Crippen molar-refractivity contribution in [2.45, 2.75) is 25.4 Å². The fourth-order valence-corrected chi connectivity index (χ4v) is 2.42. The second kappa shape index (κ2) is 6.98. The molecule has 1 saturated heterocycles. The zero-order valence-corrected chi connectivity index (χ0v) is 11.9. The van der Waals surface area contributed by atoms with Gasteiger partial charge >= 0.3 is 6.18 Å². The summed E-state index contributed by atoms with van der Waals surface area (Å²) >= 11 is 0. The number of likely N-dealkylation sites (tertiary alicyclic amines) is 1. The van der Waals surface area contributed by atoms with Gasteiger partial charge in [-0.25, -0.2) is 4.39 Å². The molecule has 0 bridgehead atoms. The van der Waals surface area contributed by atoms with Crippen LogP contribution in [0.1, 0.15) is 19.3 Å². The van der Waals surface area contributed by atoms with Gasteiger partial charge in [0.15, 0.2) is 0 Å². The Morgan fingerprint density at radius 3 is 2.59 bits per heavy atom. The zero-order chi connectivity index (χ0) is 16.2.